The van der Waals surface area contributed by atoms with Crippen molar-refractivity contribution in [3.05, 3.63) is 26.7 Å². The molecule has 1 aliphatic carbocycles. The predicted molar refractivity (Wildman–Crippen MR) is 106 cm³/mol. The van der Waals surface area contributed by atoms with Crippen LogP contribution in [-0.4, -0.2) is 30.1 Å². The highest BCUT2D eigenvalue weighted by molar-refractivity contribution is 8.00. The first-order chi connectivity index (χ1) is 12.6. The van der Waals surface area contributed by atoms with Gasteiger partial charge in [-0.1, -0.05) is 45.4 Å². The van der Waals surface area contributed by atoms with Crippen molar-refractivity contribution in [1.82, 2.24) is 19.1 Å². The maximum absolute atomic E-state index is 12.8. The monoisotopic (exact) mass is 390 g/mol. The fourth-order valence-electron chi connectivity index (χ4n) is 3.24. The first kappa shape index (κ1) is 19.8. The van der Waals surface area contributed by atoms with Crippen LogP contribution >= 0.6 is 11.8 Å². The second kappa shape index (κ2) is 7.22. The van der Waals surface area contributed by atoms with Crippen molar-refractivity contribution in [2.45, 2.75) is 68.6 Å². The van der Waals surface area contributed by atoms with Gasteiger partial charge in [-0.2, -0.15) is 0 Å². The first-order valence-corrected chi connectivity index (χ1v) is 10.2. The SMILES string of the molecule is Cn1c(=O)c2c(S[C@H]3CCCCCC3=O)nc(C(C)(C)C)nc2n(C)c1=O. The summed E-state index contributed by atoms with van der Waals surface area (Å²) >= 11 is 1.35. The second-order valence-electron chi connectivity index (χ2n) is 8.18. The number of aryl methyl sites for hydroxylation is 1. The largest absolute Gasteiger partial charge is 0.332 e. The van der Waals surface area contributed by atoms with Crippen molar-refractivity contribution in [2.75, 3.05) is 0 Å². The van der Waals surface area contributed by atoms with Crippen LogP contribution in [0, 0.1) is 0 Å². The molecule has 0 amide bonds. The quantitative estimate of drug-likeness (QED) is 0.578. The third-order valence-electron chi connectivity index (χ3n) is 4.94. The molecule has 0 saturated heterocycles. The van der Waals surface area contributed by atoms with Crippen LogP contribution in [0.15, 0.2) is 14.6 Å². The normalized spacial score (nSPS) is 18.7. The van der Waals surface area contributed by atoms with Gasteiger partial charge in [-0.15, -0.1) is 0 Å². The maximum Gasteiger partial charge on any atom is 0.332 e. The summed E-state index contributed by atoms with van der Waals surface area (Å²) in [4.78, 5) is 46.9. The summed E-state index contributed by atoms with van der Waals surface area (Å²) in [7, 11) is 3.06. The zero-order chi connectivity index (χ0) is 19.9. The van der Waals surface area contributed by atoms with Gasteiger partial charge in [0.25, 0.3) is 5.56 Å². The number of aromatic nitrogens is 4. The van der Waals surface area contributed by atoms with Crippen molar-refractivity contribution in [1.29, 1.82) is 0 Å². The van der Waals surface area contributed by atoms with Crippen molar-refractivity contribution in [3.8, 4) is 0 Å². The number of hydrogen-bond donors (Lipinski definition) is 0. The number of carbonyl (C=O) groups excluding carboxylic acids is 1. The Kier molecular flexibility index (Phi) is 5.29. The molecule has 0 N–H and O–H groups in total. The van der Waals surface area contributed by atoms with E-state index in [1.807, 2.05) is 20.8 Å². The summed E-state index contributed by atoms with van der Waals surface area (Å²) in [6, 6.07) is 0. The Morgan fingerprint density at radius 3 is 2.37 bits per heavy atom. The van der Waals surface area contributed by atoms with Crippen LogP contribution in [0.25, 0.3) is 11.0 Å². The van der Waals surface area contributed by atoms with E-state index < -0.39 is 11.2 Å². The van der Waals surface area contributed by atoms with Crippen LogP contribution in [-0.2, 0) is 24.3 Å². The molecule has 2 heterocycles. The molecular formula is C19H26N4O3S. The van der Waals surface area contributed by atoms with Crippen molar-refractivity contribution >= 4 is 28.6 Å². The van der Waals surface area contributed by atoms with E-state index in [-0.39, 0.29) is 16.4 Å². The van der Waals surface area contributed by atoms with Gasteiger partial charge in [0.2, 0.25) is 0 Å². The Morgan fingerprint density at radius 2 is 1.70 bits per heavy atom. The van der Waals surface area contributed by atoms with E-state index in [1.165, 1.54) is 23.4 Å². The molecule has 0 aliphatic heterocycles. The summed E-state index contributed by atoms with van der Waals surface area (Å²) in [5, 5.41) is 0.608. The van der Waals surface area contributed by atoms with Crippen molar-refractivity contribution in [3.63, 3.8) is 0 Å². The zero-order valence-electron chi connectivity index (χ0n) is 16.5. The highest BCUT2D eigenvalue weighted by atomic mass is 32.2. The molecule has 146 valence electrons. The second-order valence-corrected chi connectivity index (χ2v) is 9.37. The molecule has 1 atom stereocenters. The number of hydrogen-bond acceptors (Lipinski definition) is 6. The topological polar surface area (TPSA) is 86.8 Å². The van der Waals surface area contributed by atoms with Crippen LogP contribution in [0.4, 0.5) is 0 Å². The lowest BCUT2D eigenvalue weighted by Crippen LogP contribution is -2.38. The van der Waals surface area contributed by atoms with E-state index in [0.717, 1.165) is 30.3 Å². The molecule has 0 aromatic carbocycles. The molecule has 1 fully saturated rings. The Hall–Kier alpha value is -1.96. The molecule has 2 aromatic rings. The van der Waals surface area contributed by atoms with Gasteiger partial charge in [0.05, 0.1) is 5.25 Å². The number of nitrogens with zero attached hydrogens (tertiary/aromatic N) is 4. The lowest BCUT2D eigenvalue weighted by Gasteiger charge is -2.20. The molecule has 3 rings (SSSR count). The Balaban J connectivity index is 2.27. The number of ketones is 1. The van der Waals surface area contributed by atoms with E-state index in [2.05, 4.69) is 9.97 Å². The van der Waals surface area contributed by atoms with Crippen LogP contribution in [0.3, 0.4) is 0 Å². The van der Waals surface area contributed by atoms with E-state index in [4.69, 9.17) is 0 Å². The van der Waals surface area contributed by atoms with E-state index in [9.17, 15) is 14.4 Å². The van der Waals surface area contributed by atoms with Gasteiger partial charge in [0.15, 0.2) is 5.65 Å². The van der Waals surface area contributed by atoms with Crippen molar-refractivity contribution in [2.24, 2.45) is 14.1 Å². The fourth-order valence-corrected chi connectivity index (χ4v) is 4.48. The highest BCUT2D eigenvalue weighted by Crippen LogP contribution is 2.33. The molecule has 0 bridgehead atoms. The average Bonchev–Trinajstić information content (AvgIpc) is 2.81. The zero-order valence-corrected chi connectivity index (χ0v) is 17.4. The minimum absolute atomic E-state index is 0.208. The van der Waals surface area contributed by atoms with Gasteiger partial charge in [0.1, 0.15) is 22.0 Å². The number of Topliss-reactive ketones (excluding diaryl/α,β-unsaturated/α-hetero) is 1. The molecule has 0 unspecified atom stereocenters. The van der Waals surface area contributed by atoms with Crippen LogP contribution in [0.5, 0.6) is 0 Å². The molecule has 1 aliphatic rings. The van der Waals surface area contributed by atoms with Crippen LogP contribution in [0.2, 0.25) is 0 Å². The van der Waals surface area contributed by atoms with Crippen LogP contribution < -0.4 is 11.2 Å². The molecule has 0 radical (unpaired) electrons. The Morgan fingerprint density at radius 1 is 1.00 bits per heavy atom. The number of carbonyl (C=O) groups is 1. The Labute approximate surface area is 162 Å². The lowest BCUT2D eigenvalue weighted by molar-refractivity contribution is -0.118. The third-order valence-corrected chi connectivity index (χ3v) is 6.24. The number of rotatable bonds is 2. The fraction of sp³-hybridized carbons (Fsp3) is 0.632. The average molecular weight is 391 g/mol. The van der Waals surface area contributed by atoms with Gasteiger partial charge >= 0.3 is 5.69 Å². The van der Waals surface area contributed by atoms with Gasteiger partial charge in [-0.3, -0.25) is 18.7 Å². The van der Waals surface area contributed by atoms with Gasteiger partial charge in [-0.25, -0.2) is 14.8 Å². The standard InChI is InChI=1S/C19H26N4O3S/c1-19(2,3)17-20-14-13(16(25)23(5)18(26)22(14)4)15(21-17)27-12-10-8-6-7-9-11(12)24/h12H,6-10H2,1-5H3/t12-/m0/s1. The number of thioether (sulfide) groups is 1. The van der Waals surface area contributed by atoms with E-state index in [0.29, 0.717) is 28.3 Å². The summed E-state index contributed by atoms with van der Waals surface area (Å²) in [6.07, 6.45) is 4.32. The molecule has 8 heteroatoms. The molecule has 1 saturated carbocycles. The molecular weight excluding hydrogens is 364 g/mol. The van der Waals surface area contributed by atoms with Gasteiger partial charge in [0, 0.05) is 25.9 Å². The highest BCUT2D eigenvalue weighted by Gasteiger charge is 2.28. The van der Waals surface area contributed by atoms with E-state index in [1.54, 1.807) is 7.05 Å². The smallest absolute Gasteiger partial charge is 0.298 e. The molecule has 0 spiro atoms. The third kappa shape index (κ3) is 3.72. The Bertz CT molecular complexity index is 1020. The first-order valence-electron chi connectivity index (χ1n) is 9.29. The van der Waals surface area contributed by atoms with Crippen LogP contribution in [0.1, 0.15) is 58.7 Å². The molecule has 2 aromatic heterocycles. The maximum atomic E-state index is 12.8. The summed E-state index contributed by atoms with van der Waals surface area (Å²) < 4.78 is 2.45. The molecule has 27 heavy (non-hydrogen) atoms. The number of fused-ring (bicyclic) bond motifs is 1. The molecule has 7 nitrogen and oxygen atoms in total. The summed E-state index contributed by atoms with van der Waals surface area (Å²) in [6.45, 7) is 5.95. The minimum Gasteiger partial charge on any atom is -0.298 e. The van der Waals surface area contributed by atoms with Crippen molar-refractivity contribution < 1.29 is 4.79 Å². The predicted octanol–water partition coefficient (Wildman–Crippen LogP) is 2.32. The van der Waals surface area contributed by atoms with Gasteiger partial charge in [-0.05, 0) is 12.8 Å². The van der Waals surface area contributed by atoms with Gasteiger partial charge < -0.3 is 0 Å². The minimum atomic E-state index is -0.424. The summed E-state index contributed by atoms with van der Waals surface area (Å²) in [5.41, 5.74) is -0.870. The van der Waals surface area contributed by atoms with E-state index >= 15 is 0 Å². The summed E-state index contributed by atoms with van der Waals surface area (Å²) in [5.74, 6) is 0.769. The lowest BCUT2D eigenvalue weighted by atomic mass is 9.96.